The molecule has 3 nitrogen and oxygen atoms in total. The predicted octanol–water partition coefficient (Wildman–Crippen LogP) is 5.19. The number of thiocarbonyl (C=S) groups is 1. The van der Waals surface area contributed by atoms with Crippen molar-refractivity contribution in [1.82, 2.24) is 5.32 Å². The highest BCUT2D eigenvalue weighted by molar-refractivity contribution is 7.80. The average molecular weight is 358 g/mol. The highest BCUT2D eigenvalue weighted by Crippen LogP contribution is 2.42. The van der Waals surface area contributed by atoms with E-state index in [-0.39, 0.29) is 17.5 Å². The van der Waals surface area contributed by atoms with Crippen molar-refractivity contribution in [2.45, 2.75) is 44.8 Å². The fourth-order valence-electron chi connectivity index (χ4n) is 3.29. The Morgan fingerprint density at radius 2 is 1.84 bits per heavy atom. The van der Waals surface area contributed by atoms with Gasteiger partial charge in [0, 0.05) is 17.7 Å². The lowest BCUT2D eigenvalue weighted by Crippen LogP contribution is -2.45. The maximum Gasteiger partial charge on any atom is 0.171 e. The maximum atomic E-state index is 13.0. The molecule has 2 aromatic rings. The molecule has 0 radical (unpaired) electrons. The molecule has 0 fully saturated rings. The lowest BCUT2D eigenvalue weighted by molar-refractivity contribution is 0.0256. The van der Waals surface area contributed by atoms with Gasteiger partial charge in [0.1, 0.15) is 17.2 Å². The summed E-state index contributed by atoms with van der Waals surface area (Å²) in [7, 11) is 0. The summed E-state index contributed by atoms with van der Waals surface area (Å²) < 4.78 is 19.4. The molecule has 2 aromatic carbocycles. The van der Waals surface area contributed by atoms with E-state index >= 15 is 0 Å². The SMILES string of the molecule is CCC1(CC)CC(NC(=S)Nc2ccc(F)cc2)c2ccccc2O1. The minimum Gasteiger partial charge on any atom is -0.487 e. The molecule has 1 aliphatic heterocycles. The summed E-state index contributed by atoms with van der Waals surface area (Å²) in [5.41, 5.74) is 1.69. The van der Waals surface area contributed by atoms with Crippen LogP contribution in [-0.2, 0) is 0 Å². The highest BCUT2D eigenvalue weighted by atomic mass is 32.1. The van der Waals surface area contributed by atoms with Crippen LogP contribution in [0.5, 0.6) is 5.75 Å². The summed E-state index contributed by atoms with van der Waals surface area (Å²) in [6.45, 7) is 4.31. The number of hydrogen-bond donors (Lipinski definition) is 2. The quantitative estimate of drug-likeness (QED) is 0.737. The van der Waals surface area contributed by atoms with Crippen LogP contribution in [0.2, 0.25) is 0 Å². The molecule has 0 aromatic heterocycles. The van der Waals surface area contributed by atoms with Gasteiger partial charge in [-0.2, -0.15) is 0 Å². The minimum absolute atomic E-state index is 0.0744. The molecule has 3 rings (SSSR count). The third-order valence-electron chi connectivity index (χ3n) is 4.89. The standard InChI is InChI=1S/C20H23FN2OS/c1-3-20(4-2)13-17(16-7-5-6-8-18(16)24-20)23-19(25)22-15-11-9-14(21)10-12-15/h5-12,17H,3-4,13H2,1-2H3,(H2,22,23,25). The van der Waals surface area contributed by atoms with Crippen molar-refractivity contribution in [3.63, 3.8) is 0 Å². The number of para-hydroxylation sites is 1. The summed E-state index contributed by atoms with van der Waals surface area (Å²) in [5.74, 6) is 0.651. The topological polar surface area (TPSA) is 33.3 Å². The van der Waals surface area contributed by atoms with Crippen LogP contribution < -0.4 is 15.4 Å². The number of nitrogens with one attached hydrogen (secondary N) is 2. The van der Waals surface area contributed by atoms with E-state index in [1.54, 1.807) is 12.1 Å². The van der Waals surface area contributed by atoms with Gasteiger partial charge in [-0.05, 0) is 55.4 Å². The second-order valence-corrected chi connectivity index (χ2v) is 6.80. The van der Waals surface area contributed by atoms with Crippen LogP contribution in [0.25, 0.3) is 0 Å². The van der Waals surface area contributed by atoms with Crippen LogP contribution in [0, 0.1) is 5.82 Å². The molecule has 0 saturated carbocycles. The van der Waals surface area contributed by atoms with E-state index in [9.17, 15) is 4.39 Å². The molecule has 1 atom stereocenters. The molecule has 0 amide bonds. The highest BCUT2D eigenvalue weighted by Gasteiger charge is 2.38. The van der Waals surface area contributed by atoms with Crippen LogP contribution in [0.15, 0.2) is 48.5 Å². The molecule has 1 aliphatic rings. The van der Waals surface area contributed by atoms with Gasteiger partial charge in [-0.25, -0.2) is 4.39 Å². The van der Waals surface area contributed by atoms with Crippen molar-refractivity contribution in [1.29, 1.82) is 0 Å². The molecule has 1 heterocycles. The molecule has 0 saturated heterocycles. The van der Waals surface area contributed by atoms with Crippen molar-refractivity contribution < 1.29 is 9.13 Å². The third-order valence-corrected chi connectivity index (χ3v) is 5.11. The van der Waals surface area contributed by atoms with Gasteiger partial charge in [0.15, 0.2) is 5.11 Å². The first-order valence-electron chi connectivity index (χ1n) is 8.66. The Hall–Kier alpha value is -2.14. The Labute approximate surface area is 153 Å². The molecule has 0 bridgehead atoms. The van der Waals surface area contributed by atoms with Crippen molar-refractivity contribution >= 4 is 23.0 Å². The van der Waals surface area contributed by atoms with E-state index < -0.39 is 0 Å². The second kappa shape index (κ2) is 7.40. The zero-order chi connectivity index (χ0) is 17.9. The van der Waals surface area contributed by atoms with Crippen molar-refractivity contribution in [3.8, 4) is 5.75 Å². The fraction of sp³-hybridized carbons (Fsp3) is 0.350. The zero-order valence-corrected chi connectivity index (χ0v) is 15.3. The maximum absolute atomic E-state index is 13.0. The first kappa shape index (κ1) is 17.7. The van der Waals surface area contributed by atoms with E-state index in [2.05, 4.69) is 30.5 Å². The predicted molar refractivity (Wildman–Crippen MR) is 103 cm³/mol. The molecule has 1 unspecified atom stereocenters. The third kappa shape index (κ3) is 3.93. The number of anilines is 1. The van der Waals surface area contributed by atoms with Gasteiger partial charge in [0.2, 0.25) is 0 Å². The Balaban J connectivity index is 1.78. The molecular weight excluding hydrogens is 335 g/mol. The summed E-state index contributed by atoms with van der Waals surface area (Å²) >= 11 is 5.47. The van der Waals surface area contributed by atoms with E-state index in [0.29, 0.717) is 5.11 Å². The number of benzene rings is 2. The van der Waals surface area contributed by atoms with Gasteiger partial charge < -0.3 is 15.4 Å². The second-order valence-electron chi connectivity index (χ2n) is 6.39. The lowest BCUT2D eigenvalue weighted by Gasteiger charge is -2.42. The van der Waals surface area contributed by atoms with Crippen molar-refractivity contribution in [2.24, 2.45) is 0 Å². The Morgan fingerprint density at radius 3 is 2.52 bits per heavy atom. The number of fused-ring (bicyclic) bond motifs is 1. The fourth-order valence-corrected chi connectivity index (χ4v) is 3.55. The largest absolute Gasteiger partial charge is 0.487 e. The molecule has 25 heavy (non-hydrogen) atoms. The normalized spacial score (nSPS) is 18.0. The number of ether oxygens (including phenoxy) is 1. The molecular formula is C20H23FN2OS. The number of rotatable bonds is 4. The Morgan fingerprint density at radius 1 is 1.16 bits per heavy atom. The molecule has 2 N–H and O–H groups in total. The number of hydrogen-bond acceptors (Lipinski definition) is 2. The van der Waals surface area contributed by atoms with E-state index in [1.807, 2.05) is 18.2 Å². The van der Waals surface area contributed by atoms with Gasteiger partial charge >= 0.3 is 0 Å². The van der Waals surface area contributed by atoms with Crippen molar-refractivity contribution in [2.75, 3.05) is 5.32 Å². The summed E-state index contributed by atoms with van der Waals surface area (Å²) in [6.07, 6.45) is 2.73. The smallest absolute Gasteiger partial charge is 0.171 e. The summed E-state index contributed by atoms with van der Waals surface area (Å²) in [4.78, 5) is 0. The van der Waals surface area contributed by atoms with E-state index in [1.165, 1.54) is 12.1 Å². The van der Waals surface area contributed by atoms with Crippen LogP contribution >= 0.6 is 12.2 Å². The molecule has 0 spiro atoms. The summed E-state index contributed by atoms with van der Waals surface area (Å²) in [5, 5.41) is 7.05. The molecule has 5 heteroatoms. The Kier molecular flexibility index (Phi) is 5.23. The van der Waals surface area contributed by atoms with Crippen LogP contribution in [0.1, 0.15) is 44.7 Å². The minimum atomic E-state index is -0.265. The van der Waals surface area contributed by atoms with Gasteiger partial charge in [0.05, 0.1) is 6.04 Å². The number of halogens is 1. The first-order valence-corrected chi connectivity index (χ1v) is 9.07. The average Bonchev–Trinajstić information content (AvgIpc) is 2.63. The Bertz CT molecular complexity index is 744. The van der Waals surface area contributed by atoms with E-state index in [4.69, 9.17) is 17.0 Å². The van der Waals surface area contributed by atoms with Gasteiger partial charge in [-0.15, -0.1) is 0 Å². The van der Waals surface area contributed by atoms with Crippen LogP contribution in [0.3, 0.4) is 0 Å². The monoisotopic (exact) mass is 358 g/mol. The first-order chi connectivity index (χ1) is 12.0. The summed E-state index contributed by atoms with van der Waals surface area (Å²) in [6, 6.07) is 14.3. The van der Waals surface area contributed by atoms with Gasteiger partial charge in [-0.3, -0.25) is 0 Å². The molecule has 0 aliphatic carbocycles. The van der Waals surface area contributed by atoms with Crippen LogP contribution in [0.4, 0.5) is 10.1 Å². The van der Waals surface area contributed by atoms with Gasteiger partial charge in [-0.1, -0.05) is 32.0 Å². The lowest BCUT2D eigenvalue weighted by atomic mass is 9.83. The van der Waals surface area contributed by atoms with Crippen molar-refractivity contribution in [3.05, 3.63) is 59.9 Å². The van der Waals surface area contributed by atoms with E-state index in [0.717, 1.165) is 36.3 Å². The zero-order valence-electron chi connectivity index (χ0n) is 14.5. The van der Waals surface area contributed by atoms with Crippen LogP contribution in [-0.4, -0.2) is 10.7 Å². The van der Waals surface area contributed by atoms with Gasteiger partial charge in [0.25, 0.3) is 0 Å². The molecule has 132 valence electrons.